The van der Waals surface area contributed by atoms with Crippen molar-refractivity contribution in [1.82, 2.24) is 19.7 Å². The summed E-state index contributed by atoms with van der Waals surface area (Å²) in [5.41, 5.74) is 1.51. The van der Waals surface area contributed by atoms with E-state index in [-0.39, 0.29) is 40.0 Å². The van der Waals surface area contributed by atoms with Crippen LogP contribution in [0.25, 0.3) is 16.7 Å². The standard InChI is InChI=1S/C25H18N6O3/c1-14(2)30-24(33)18-9-7-16(11-19(18)25(30)34)23(32)29-22-17(12-26)13-27-31(22)21-10-8-15-5-3-4-6-20(15)28-21/h3-11,13-14H,1-2H3,(H,29,32). The number of amides is 3. The molecule has 166 valence electrons. The van der Waals surface area contributed by atoms with Crippen LogP contribution in [0.4, 0.5) is 5.82 Å². The summed E-state index contributed by atoms with van der Waals surface area (Å²) in [6, 6.07) is 17.2. The zero-order chi connectivity index (χ0) is 24.0. The number of hydrogen-bond acceptors (Lipinski definition) is 6. The van der Waals surface area contributed by atoms with E-state index in [1.54, 1.807) is 19.9 Å². The Labute approximate surface area is 194 Å². The number of carbonyl (C=O) groups excluding carboxylic acids is 3. The predicted molar refractivity (Wildman–Crippen MR) is 124 cm³/mol. The zero-order valence-corrected chi connectivity index (χ0v) is 18.3. The van der Waals surface area contributed by atoms with Gasteiger partial charge >= 0.3 is 0 Å². The summed E-state index contributed by atoms with van der Waals surface area (Å²) in [4.78, 5) is 44.0. The molecule has 0 radical (unpaired) electrons. The monoisotopic (exact) mass is 450 g/mol. The first kappa shape index (κ1) is 21.0. The van der Waals surface area contributed by atoms with Gasteiger partial charge in [0.1, 0.15) is 11.6 Å². The third-order valence-corrected chi connectivity index (χ3v) is 5.62. The van der Waals surface area contributed by atoms with Gasteiger partial charge in [-0.3, -0.25) is 19.3 Å². The van der Waals surface area contributed by atoms with Crippen LogP contribution in [0.15, 0.2) is 60.8 Å². The Balaban J connectivity index is 1.50. The fraction of sp³-hybridized carbons (Fsp3) is 0.120. The van der Waals surface area contributed by atoms with Crippen molar-refractivity contribution < 1.29 is 14.4 Å². The predicted octanol–water partition coefficient (Wildman–Crippen LogP) is 3.55. The normalized spacial score (nSPS) is 12.8. The maximum Gasteiger partial charge on any atom is 0.261 e. The summed E-state index contributed by atoms with van der Waals surface area (Å²) in [6.45, 7) is 3.50. The molecule has 5 rings (SSSR count). The molecule has 0 fully saturated rings. The van der Waals surface area contributed by atoms with Gasteiger partial charge < -0.3 is 5.32 Å². The molecule has 0 atom stereocenters. The van der Waals surface area contributed by atoms with Crippen LogP contribution < -0.4 is 5.32 Å². The van der Waals surface area contributed by atoms with E-state index in [9.17, 15) is 19.6 Å². The molecule has 1 aliphatic heterocycles. The molecule has 0 bridgehead atoms. The van der Waals surface area contributed by atoms with Gasteiger partial charge in [-0.2, -0.15) is 15.0 Å². The van der Waals surface area contributed by atoms with Crippen molar-refractivity contribution in [3.63, 3.8) is 0 Å². The van der Waals surface area contributed by atoms with Crippen LogP contribution in [-0.2, 0) is 0 Å². The van der Waals surface area contributed by atoms with Crippen LogP contribution >= 0.6 is 0 Å². The number of nitrogens with one attached hydrogen (secondary N) is 1. The van der Waals surface area contributed by atoms with Gasteiger partial charge in [0.2, 0.25) is 0 Å². The van der Waals surface area contributed by atoms with Crippen molar-refractivity contribution in [3.05, 3.63) is 83.0 Å². The molecule has 0 saturated heterocycles. The van der Waals surface area contributed by atoms with Crippen molar-refractivity contribution in [2.75, 3.05) is 5.32 Å². The lowest BCUT2D eigenvalue weighted by Gasteiger charge is -2.17. The van der Waals surface area contributed by atoms with Crippen LogP contribution in [0.5, 0.6) is 0 Å². The number of aromatic nitrogens is 3. The summed E-state index contributed by atoms with van der Waals surface area (Å²) >= 11 is 0. The summed E-state index contributed by atoms with van der Waals surface area (Å²) in [6.07, 6.45) is 1.35. The number of imide groups is 1. The Kier molecular flexibility index (Phi) is 4.91. The van der Waals surface area contributed by atoms with Crippen LogP contribution in [-0.4, -0.2) is 43.4 Å². The molecular weight excluding hydrogens is 432 g/mol. The van der Waals surface area contributed by atoms with Gasteiger partial charge in [0, 0.05) is 17.0 Å². The minimum Gasteiger partial charge on any atom is -0.305 e. The van der Waals surface area contributed by atoms with E-state index in [2.05, 4.69) is 15.4 Å². The average Bonchev–Trinajstić information content (AvgIpc) is 3.36. The molecule has 0 unspecified atom stereocenters. The van der Waals surface area contributed by atoms with Gasteiger partial charge in [-0.1, -0.05) is 18.2 Å². The topological polar surface area (TPSA) is 121 Å². The van der Waals surface area contributed by atoms with Crippen LogP contribution in [0.1, 0.15) is 50.5 Å². The third-order valence-electron chi connectivity index (χ3n) is 5.62. The Morgan fingerprint density at radius 3 is 2.56 bits per heavy atom. The number of benzene rings is 2. The van der Waals surface area contributed by atoms with E-state index >= 15 is 0 Å². The summed E-state index contributed by atoms with van der Waals surface area (Å²) in [5.74, 6) is -0.785. The molecule has 2 aromatic heterocycles. The number of hydrogen-bond donors (Lipinski definition) is 1. The SMILES string of the molecule is CC(C)N1C(=O)c2ccc(C(=O)Nc3c(C#N)cnn3-c3ccc4ccccc4n3)cc2C1=O. The number of nitriles is 1. The van der Waals surface area contributed by atoms with E-state index in [1.165, 1.54) is 34.0 Å². The minimum absolute atomic E-state index is 0.154. The Morgan fingerprint density at radius 1 is 1.03 bits per heavy atom. The van der Waals surface area contributed by atoms with Gasteiger partial charge in [-0.25, -0.2) is 4.98 Å². The van der Waals surface area contributed by atoms with Crippen molar-refractivity contribution in [2.24, 2.45) is 0 Å². The number of para-hydroxylation sites is 1. The lowest BCUT2D eigenvalue weighted by Crippen LogP contribution is -2.35. The first-order valence-electron chi connectivity index (χ1n) is 10.6. The Hall–Kier alpha value is -4.84. The molecule has 9 nitrogen and oxygen atoms in total. The molecule has 3 amide bonds. The highest BCUT2D eigenvalue weighted by atomic mass is 16.2. The summed E-state index contributed by atoms with van der Waals surface area (Å²) in [5, 5.41) is 17.4. The minimum atomic E-state index is -0.551. The van der Waals surface area contributed by atoms with Crippen molar-refractivity contribution >= 4 is 34.4 Å². The number of fused-ring (bicyclic) bond motifs is 2. The second-order valence-electron chi connectivity index (χ2n) is 8.08. The second kappa shape index (κ2) is 7.94. The summed E-state index contributed by atoms with van der Waals surface area (Å²) in [7, 11) is 0. The van der Waals surface area contributed by atoms with Gasteiger partial charge in [0.25, 0.3) is 17.7 Å². The lowest BCUT2D eigenvalue weighted by atomic mass is 10.1. The maximum atomic E-state index is 13.1. The average molecular weight is 450 g/mol. The number of anilines is 1. The van der Waals surface area contributed by atoms with Crippen molar-refractivity contribution in [2.45, 2.75) is 19.9 Å². The second-order valence-corrected chi connectivity index (χ2v) is 8.08. The van der Waals surface area contributed by atoms with Crippen LogP contribution in [0, 0.1) is 11.3 Å². The van der Waals surface area contributed by atoms with Gasteiger partial charge in [-0.15, -0.1) is 0 Å². The molecule has 2 aromatic carbocycles. The maximum absolute atomic E-state index is 13.1. The number of rotatable bonds is 4. The quantitative estimate of drug-likeness (QED) is 0.475. The fourth-order valence-corrected chi connectivity index (χ4v) is 3.95. The van der Waals surface area contributed by atoms with Crippen LogP contribution in [0.2, 0.25) is 0 Å². The van der Waals surface area contributed by atoms with Crippen LogP contribution in [0.3, 0.4) is 0 Å². The highest BCUT2D eigenvalue weighted by molar-refractivity contribution is 6.22. The van der Waals surface area contributed by atoms with Crippen molar-refractivity contribution in [3.8, 4) is 11.9 Å². The van der Waals surface area contributed by atoms with Crippen molar-refractivity contribution in [1.29, 1.82) is 5.26 Å². The third kappa shape index (κ3) is 3.29. The molecule has 3 heterocycles. The van der Waals surface area contributed by atoms with Gasteiger partial charge in [-0.05, 0) is 50.2 Å². The molecule has 0 aliphatic carbocycles. The van der Waals surface area contributed by atoms with E-state index < -0.39 is 11.8 Å². The van der Waals surface area contributed by atoms with Gasteiger partial charge in [0.05, 0.1) is 22.8 Å². The molecule has 34 heavy (non-hydrogen) atoms. The molecule has 9 heteroatoms. The Morgan fingerprint density at radius 2 is 1.79 bits per heavy atom. The first-order valence-corrected chi connectivity index (χ1v) is 10.6. The molecule has 1 N–H and O–H groups in total. The van der Waals surface area contributed by atoms with E-state index in [1.807, 2.05) is 36.4 Å². The molecule has 1 aliphatic rings. The zero-order valence-electron chi connectivity index (χ0n) is 18.3. The van der Waals surface area contributed by atoms with Gasteiger partial charge in [0.15, 0.2) is 11.6 Å². The fourth-order valence-electron chi connectivity index (χ4n) is 3.95. The molecule has 4 aromatic rings. The largest absolute Gasteiger partial charge is 0.305 e. The number of pyridine rings is 1. The molecule has 0 saturated carbocycles. The molecular formula is C25H18N6O3. The Bertz CT molecular complexity index is 1550. The highest BCUT2D eigenvalue weighted by Gasteiger charge is 2.37. The number of carbonyl (C=O) groups is 3. The summed E-state index contributed by atoms with van der Waals surface area (Å²) < 4.78 is 1.38. The number of nitrogens with zero attached hydrogens (tertiary/aromatic N) is 5. The van der Waals surface area contributed by atoms with E-state index in [0.717, 1.165) is 10.9 Å². The molecule has 0 spiro atoms. The smallest absolute Gasteiger partial charge is 0.261 e. The first-order chi connectivity index (χ1) is 16.4. The lowest BCUT2D eigenvalue weighted by molar-refractivity contribution is 0.0609. The highest BCUT2D eigenvalue weighted by Crippen LogP contribution is 2.27. The van der Waals surface area contributed by atoms with E-state index in [0.29, 0.717) is 5.82 Å². The van der Waals surface area contributed by atoms with E-state index in [4.69, 9.17) is 0 Å².